The Morgan fingerprint density at radius 2 is 2.12 bits per heavy atom. The lowest BCUT2D eigenvalue weighted by molar-refractivity contribution is 0.0937. The van der Waals surface area contributed by atoms with Gasteiger partial charge < -0.3 is 14.5 Å². The number of amides is 1. The molecule has 3 aromatic rings. The Morgan fingerprint density at radius 3 is 2.88 bits per heavy atom. The molecule has 0 aliphatic carbocycles. The Morgan fingerprint density at radius 1 is 1.28 bits per heavy atom. The number of nitrogens with zero attached hydrogens (tertiary/aromatic N) is 1. The van der Waals surface area contributed by atoms with Crippen LogP contribution in [0.3, 0.4) is 0 Å². The van der Waals surface area contributed by atoms with Gasteiger partial charge in [0, 0.05) is 6.42 Å². The number of aryl methyl sites for hydroxylation is 2. The first-order valence-electron chi connectivity index (χ1n) is 8.17. The molecule has 25 heavy (non-hydrogen) atoms. The number of carbonyl (C=O) groups excluding carboxylic acids is 1. The number of hydrogen-bond acceptors (Lipinski definition) is 5. The van der Waals surface area contributed by atoms with Crippen LogP contribution in [-0.4, -0.2) is 23.5 Å². The molecule has 6 heteroatoms. The summed E-state index contributed by atoms with van der Waals surface area (Å²) in [6.07, 6.45) is 0.788. The van der Waals surface area contributed by atoms with Crippen molar-refractivity contribution >= 4 is 17.2 Å². The SMILES string of the molecule is Cc1ccc(-c2nc(C)c(C(=O)NC[C@@H]3Cc4ccccc4O3)s2)o1. The molecule has 0 unspecified atom stereocenters. The molecule has 0 bridgehead atoms. The van der Waals surface area contributed by atoms with E-state index in [0.717, 1.165) is 22.9 Å². The Labute approximate surface area is 149 Å². The molecule has 1 N–H and O–H groups in total. The Hall–Kier alpha value is -2.60. The van der Waals surface area contributed by atoms with Crippen LogP contribution in [0.1, 0.15) is 26.7 Å². The molecule has 0 fully saturated rings. The summed E-state index contributed by atoms with van der Waals surface area (Å²) in [5.41, 5.74) is 1.90. The Bertz CT molecular complexity index is 903. The molecule has 0 saturated carbocycles. The van der Waals surface area contributed by atoms with Gasteiger partial charge in [-0.2, -0.15) is 0 Å². The van der Waals surface area contributed by atoms with Gasteiger partial charge in [0.25, 0.3) is 5.91 Å². The van der Waals surface area contributed by atoms with Crippen molar-refractivity contribution in [1.82, 2.24) is 10.3 Å². The minimum atomic E-state index is -0.121. The molecule has 0 radical (unpaired) electrons. The monoisotopic (exact) mass is 354 g/mol. The fourth-order valence-corrected chi connectivity index (χ4v) is 3.86. The lowest BCUT2D eigenvalue weighted by Gasteiger charge is -2.11. The number of aromatic nitrogens is 1. The number of furan rings is 1. The highest BCUT2D eigenvalue weighted by atomic mass is 32.1. The fourth-order valence-electron chi connectivity index (χ4n) is 2.92. The number of carbonyl (C=O) groups is 1. The van der Waals surface area contributed by atoms with E-state index in [2.05, 4.69) is 16.4 Å². The van der Waals surface area contributed by atoms with Crippen LogP contribution in [0.25, 0.3) is 10.8 Å². The third-order valence-corrected chi connectivity index (χ3v) is 5.33. The second kappa shape index (κ2) is 6.37. The highest BCUT2D eigenvalue weighted by Crippen LogP contribution is 2.30. The number of hydrogen-bond donors (Lipinski definition) is 1. The Balaban J connectivity index is 1.41. The molecule has 4 rings (SSSR count). The molecule has 1 aromatic carbocycles. The molecule has 128 valence electrons. The van der Waals surface area contributed by atoms with Gasteiger partial charge in [0.15, 0.2) is 10.8 Å². The van der Waals surface area contributed by atoms with Crippen LogP contribution in [0.4, 0.5) is 0 Å². The van der Waals surface area contributed by atoms with E-state index in [1.807, 2.05) is 44.2 Å². The van der Waals surface area contributed by atoms with E-state index in [1.54, 1.807) is 0 Å². The van der Waals surface area contributed by atoms with Crippen LogP contribution in [-0.2, 0) is 6.42 Å². The van der Waals surface area contributed by atoms with E-state index in [1.165, 1.54) is 16.9 Å². The minimum Gasteiger partial charge on any atom is -0.488 e. The van der Waals surface area contributed by atoms with Crippen molar-refractivity contribution in [3.63, 3.8) is 0 Å². The molecule has 1 atom stereocenters. The first-order chi connectivity index (χ1) is 12.1. The van der Waals surface area contributed by atoms with Gasteiger partial charge in [0.1, 0.15) is 22.5 Å². The van der Waals surface area contributed by atoms with Gasteiger partial charge >= 0.3 is 0 Å². The zero-order valence-electron chi connectivity index (χ0n) is 14.0. The van der Waals surface area contributed by atoms with Gasteiger partial charge in [-0.1, -0.05) is 18.2 Å². The van der Waals surface area contributed by atoms with Crippen LogP contribution >= 0.6 is 11.3 Å². The van der Waals surface area contributed by atoms with Gasteiger partial charge in [-0.15, -0.1) is 11.3 Å². The van der Waals surface area contributed by atoms with Gasteiger partial charge in [-0.25, -0.2) is 4.98 Å². The fraction of sp³-hybridized carbons (Fsp3) is 0.263. The second-order valence-corrected chi connectivity index (χ2v) is 7.10. The summed E-state index contributed by atoms with van der Waals surface area (Å²) in [6.45, 7) is 4.20. The van der Waals surface area contributed by atoms with Crippen LogP contribution in [0, 0.1) is 13.8 Å². The lowest BCUT2D eigenvalue weighted by Crippen LogP contribution is -2.34. The van der Waals surface area contributed by atoms with Crippen molar-refractivity contribution in [3.05, 3.63) is 58.3 Å². The Kier molecular flexibility index (Phi) is 4.05. The summed E-state index contributed by atoms with van der Waals surface area (Å²) < 4.78 is 11.4. The summed E-state index contributed by atoms with van der Waals surface area (Å²) in [6, 6.07) is 11.7. The van der Waals surface area contributed by atoms with E-state index in [0.29, 0.717) is 22.9 Å². The first kappa shape index (κ1) is 15.9. The van der Waals surface area contributed by atoms with Crippen molar-refractivity contribution in [2.75, 3.05) is 6.54 Å². The molecule has 3 heterocycles. The summed E-state index contributed by atoms with van der Waals surface area (Å²) in [7, 11) is 0. The summed E-state index contributed by atoms with van der Waals surface area (Å²) >= 11 is 1.35. The molecule has 1 aliphatic heterocycles. The number of nitrogens with one attached hydrogen (secondary N) is 1. The van der Waals surface area contributed by atoms with Crippen LogP contribution < -0.4 is 10.1 Å². The number of fused-ring (bicyclic) bond motifs is 1. The van der Waals surface area contributed by atoms with Crippen molar-refractivity contribution in [2.45, 2.75) is 26.4 Å². The van der Waals surface area contributed by atoms with E-state index < -0.39 is 0 Å². The maximum Gasteiger partial charge on any atom is 0.263 e. The highest BCUT2D eigenvalue weighted by Gasteiger charge is 2.24. The molecule has 5 nitrogen and oxygen atoms in total. The van der Waals surface area contributed by atoms with E-state index in [4.69, 9.17) is 9.15 Å². The van der Waals surface area contributed by atoms with Crippen molar-refractivity contribution in [3.8, 4) is 16.5 Å². The third-order valence-electron chi connectivity index (χ3n) is 4.16. The molecular formula is C19H18N2O3S. The maximum absolute atomic E-state index is 12.5. The molecule has 2 aromatic heterocycles. The van der Waals surface area contributed by atoms with Crippen LogP contribution in [0.15, 0.2) is 40.8 Å². The molecule has 0 saturated heterocycles. The number of thiazole rings is 1. The van der Waals surface area contributed by atoms with E-state index in [9.17, 15) is 4.79 Å². The number of para-hydroxylation sites is 1. The van der Waals surface area contributed by atoms with Crippen LogP contribution in [0.2, 0.25) is 0 Å². The summed E-state index contributed by atoms with van der Waals surface area (Å²) in [5.74, 6) is 2.31. The normalized spacial score (nSPS) is 15.7. The number of rotatable bonds is 4. The third kappa shape index (κ3) is 3.17. The van der Waals surface area contributed by atoms with Crippen LogP contribution in [0.5, 0.6) is 5.75 Å². The average Bonchev–Trinajstić information content (AvgIpc) is 3.30. The van der Waals surface area contributed by atoms with Crippen molar-refractivity contribution < 1.29 is 13.9 Å². The predicted octanol–water partition coefficient (Wildman–Crippen LogP) is 3.75. The van der Waals surface area contributed by atoms with Gasteiger partial charge in [-0.3, -0.25) is 4.79 Å². The largest absolute Gasteiger partial charge is 0.488 e. The summed E-state index contributed by atoms with van der Waals surface area (Å²) in [5, 5.41) is 3.68. The molecular weight excluding hydrogens is 336 g/mol. The van der Waals surface area contributed by atoms with E-state index >= 15 is 0 Å². The average molecular weight is 354 g/mol. The number of benzene rings is 1. The van der Waals surface area contributed by atoms with Crippen molar-refractivity contribution in [2.24, 2.45) is 0 Å². The molecule has 0 spiro atoms. The molecule has 1 aliphatic rings. The standard InChI is InChI=1S/C19H18N2O3S/c1-11-7-8-16(23-11)19-21-12(2)17(25-19)18(22)20-10-14-9-13-5-3-4-6-15(13)24-14/h3-8,14H,9-10H2,1-2H3,(H,20,22)/t14-/m0/s1. The first-order valence-corrected chi connectivity index (χ1v) is 8.99. The van der Waals surface area contributed by atoms with Gasteiger partial charge in [0.05, 0.1) is 12.2 Å². The topological polar surface area (TPSA) is 64.4 Å². The quantitative estimate of drug-likeness (QED) is 0.775. The zero-order valence-corrected chi connectivity index (χ0v) is 14.9. The molecule has 1 amide bonds. The van der Waals surface area contributed by atoms with E-state index in [-0.39, 0.29) is 12.0 Å². The predicted molar refractivity (Wildman–Crippen MR) is 96.2 cm³/mol. The number of ether oxygens (including phenoxy) is 1. The highest BCUT2D eigenvalue weighted by molar-refractivity contribution is 7.17. The lowest BCUT2D eigenvalue weighted by atomic mass is 10.1. The minimum absolute atomic E-state index is 0.0261. The smallest absolute Gasteiger partial charge is 0.263 e. The van der Waals surface area contributed by atoms with Crippen molar-refractivity contribution in [1.29, 1.82) is 0 Å². The zero-order chi connectivity index (χ0) is 17.4. The maximum atomic E-state index is 12.5. The second-order valence-electron chi connectivity index (χ2n) is 6.11. The van der Waals surface area contributed by atoms with Gasteiger partial charge in [-0.05, 0) is 37.6 Å². The summed E-state index contributed by atoms with van der Waals surface area (Å²) in [4.78, 5) is 17.6. The van der Waals surface area contributed by atoms with Gasteiger partial charge in [0.2, 0.25) is 0 Å².